The van der Waals surface area contributed by atoms with E-state index in [0.717, 1.165) is 10.0 Å². The Morgan fingerprint density at radius 1 is 1.29 bits per heavy atom. The molecule has 116 valence electrons. The highest BCUT2D eigenvalue weighted by molar-refractivity contribution is 9.10. The zero-order valence-electron chi connectivity index (χ0n) is 12.1. The highest BCUT2D eigenvalue weighted by Crippen LogP contribution is 2.20. The zero-order valence-corrected chi connectivity index (χ0v) is 13.7. The van der Waals surface area contributed by atoms with E-state index in [1.807, 2.05) is 0 Å². The molecule has 0 aliphatic carbocycles. The highest BCUT2D eigenvalue weighted by Gasteiger charge is 2.22. The minimum atomic E-state index is -0.631. The van der Waals surface area contributed by atoms with Gasteiger partial charge in [0.1, 0.15) is 5.60 Å². The average Bonchev–Trinajstić information content (AvgIpc) is 2.36. The number of ether oxygens (including phenoxy) is 1. The number of hydroxylamine groups is 1. The number of carbonyl (C=O) groups excluding carboxylic acids is 2. The maximum absolute atomic E-state index is 11.8. The first kappa shape index (κ1) is 17.5. The van der Waals surface area contributed by atoms with Crippen molar-refractivity contribution < 1.29 is 19.5 Å². The molecule has 0 saturated carbocycles. The SMILES string of the molecule is CC(C)(C)OC(=O)NC(CC(=O)NO)c1ccc(Br)cc1. The van der Waals surface area contributed by atoms with Gasteiger partial charge >= 0.3 is 6.09 Å². The van der Waals surface area contributed by atoms with Crippen molar-refractivity contribution in [2.45, 2.75) is 38.8 Å². The highest BCUT2D eigenvalue weighted by atomic mass is 79.9. The van der Waals surface area contributed by atoms with Crippen LogP contribution in [0.3, 0.4) is 0 Å². The van der Waals surface area contributed by atoms with E-state index >= 15 is 0 Å². The molecule has 0 saturated heterocycles. The number of benzene rings is 1. The van der Waals surface area contributed by atoms with Crippen LogP contribution in [0.4, 0.5) is 4.79 Å². The third-order valence-electron chi connectivity index (χ3n) is 2.48. The van der Waals surface area contributed by atoms with Crippen molar-refractivity contribution in [3.63, 3.8) is 0 Å². The quantitative estimate of drug-likeness (QED) is 0.570. The van der Waals surface area contributed by atoms with E-state index in [1.165, 1.54) is 0 Å². The molecule has 21 heavy (non-hydrogen) atoms. The second-order valence-corrected chi connectivity index (χ2v) is 6.41. The number of hydrogen-bond donors (Lipinski definition) is 3. The summed E-state index contributed by atoms with van der Waals surface area (Å²) in [6, 6.07) is 6.56. The lowest BCUT2D eigenvalue weighted by atomic mass is 10.0. The number of carbonyl (C=O) groups is 2. The Hall–Kier alpha value is -1.60. The van der Waals surface area contributed by atoms with Gasteiger partial charge in [0.05, 0.1) is 12.5 Å². The third kappa shape index (κ3) is 6.59. The molecule has 7 heteroatoms. The maximum atomic E-state index is 11.8. The number of alkyl carbamates (subject to hydrolysis) is 1. The Bertz CT molecular complexity index is 497. The fraction of sp³-hybridized carbons (Fsp3) is 0.429. The number of hydrogen-bond acceptors (Lipinski definition) is 4. The van der Waals surface area contributed by atoms with E-state index < -0.39 is 23.6 Å². The van der Waals surface area contributed by atoms with E-state index in [2.05, 4.69) is 21.2 Å². The molecule has 1 aromatic carbocycles. The molecule has 1 atom stereocenters. The van der Waals surface area contributed by atoms with Crippen LogP contribution < -0.4 is 10.8 Å². The molecule has 0 aliphatic rings. The van der Waals surface area contributed by atoms with E-state index in [-0.39, 0.29) is 6.42 Å². The number of nitrogens with one attached hydrogen (secondary N) is 2. The molecule has 3 N–H and O–H groups in total. The molecule has 6 nitrogen and oxygen atoms in total. The first-order valence-corrected chi connectivity index (χ1v) is 7.18. The van der Waals surface area contributed by atoms with Gasteiger partial charge < -0.3 is 10.1 Å². The second-order valence-electron chi connectivity index (χ2n) is 5.49. The topological polar surface area (TPSA) is 87.7 Å². The summed E-state index contributed by atoms with van der Waals surface area (Å²) >= 11 is 3.32. The first-order valence-electron chi connectivity index (χ1n) is 6.39. The van der Waals surface area contributed by atoms with Crippen LogP contribution in [-0.2, 0) is 9.53 Å². The van der Waals surface area contributed by atoms with Crippen LogP contribution in [0, 0.1) is 0 Å². The standard InChI is InChI=1S/C14H19BrN2O4/c1-14(2,3)21-13(19)16-11(8-12(18)17-20)9-4-6-10(15)7-5-9/h4-7,11,20H,8H2,1-3H3,(H,16,19)(H,17,18). The third-order valence-corrected chi connectivity index (χ3v) is 3.01. The van der Waals surface area contributed by atoms with Gasteiger partial charge in [-0.1, -0.05) is 28.1 Å². The zero-order chi connectivity index (χ0) is 16.0. The Balaban J connectivity index is 2.84. The summed E-state index contributed by atoms with van der Waals surface area (Å²) in [5.41, 5.74) is 1.66. The molecule has 0 fully saturated rings. The van der Waals surface area contributed by atoms with Crippen molar-refractivity contribution in [3.05, 3.63) is 34.3 Å². The molecule has 2 amide bonds. The lowest BCUT2D eigenvalue weighted by molar-refractivity contribution is -0.129. The Morgan fingerprint density at radius 3 is 2.33 bits per heavy atom. The smallest absolute Gasteiger partial charge is 0.408 e. The fourth-order valence-electron chi connectivity index (χ4n) is 1.63. The van der Waals surface area contributed by atoms with Crippen LogP contribution in [-0.4, -0.2) is 22.8 Å². The predicted molar refractivity (Wildman–Crippen MR) is 80.8 cm³/mol. The van der Waals surface area contributed by atoms with Crippen LogP contribution in [0.1, 0.15) is 38.8 Å². The molecule has 0 spiro atoms. The van der Waals surface area contributed by atoms with Gasteiger partial charge in [-0.05, 0) is 38.5 Å². The summed E-state index contributed by atoms with van der Waals surface area (Å²) in [7, 11) is 0. The summed E-state index contributed by atoms with van der Waals surface area (Å²) in [4.78, 5) is 23.2. The minimum absolute atomic E-state index is 0.0998. The normalized spacial score (nSPS) is 12.4. The Morgan fingerprint density at radius 2 is 1.86 bits per heavy atom. The van der Waals surface area contributed by atoms with Crippen LogP contribution in [0.15, 0.2) is 28.7 Å². The van der Waals surface area contributed by atoms with E-state index in [1.54, 1.807) is 50.5 Å². The molecule has 0 heterocycles. The van der Waals surface area contributed by atoms with Gasteiger partial charge in [-0.25, -0.2) is 10.3 Å². The van der Waals surface area contributed by atoms with Gasteiger partial charge in [-0.3, -0.25) is 10.0 Å². The maximum Gasteiger partial charge on any atom is 0.408 e. The Kier molecular flexibility index (Phi) is 6.17. The summed E-state index contributed by atoms with van der Waals surface area (Å²) in [5, 5.41) is 11.3. The summed E-state index contributed by atoms with van der Waals surface area (Å²) < 4.78 is 6.06. The fourth-order valence-corrected chi connectivity index (χ4v) is 1.89. The van der Waals surface area contributed by atoms with Gasteiger partial charge in [-0.2, -0.15) is 0 Å². The molecule has 0 bridgehead atoms. The van der Waals surface area contributed by atoms with Crippen LogP contribution in [0.25, 0.3) is 0 Å². The molecule has 0 aliphatic heterocycles. The van der Waals surface area contributed by atoms with E-state index in [9.17, 15) is 9.59 Å². The van der Waals surface area contributed by atoms with Crippen molar-refractivity contribution in [3.8, 4) is 0 Å². The van der Waals surface area contributed by atoms with Crippen molar-refractivity contribution in [2.24, 2.45) is 0 Å². The van der Waals surface area contributed by atoms with Gasteiger partial charge in [0.2, 0.25) is 5.91 Å². The molecule has 0 radical (unpaired) electrons. The van der Waals surface area contributed by atoms with Crippen LogP contribution in [0.5, 0.6) is 0 Å². The van der Waals surface area contributed by atoms with Gasteiger partial charge in [0, 0.05) is 4.47 Å². The van der Waals surface area contributed by atoms with Gasteiger partial charge in [-0.15, -0.1) is 0 Å². The Labute approximate surface area is 132 Å². The van der Waals surface area contributed by atoms with Crippen LogP contribution in [0.2, 0.25) is 0 Å². The van der Waals surface area contributed by atoms with Crippen molar-refractivity contribution in [1.29, 1.82) is 0 Å². The van der Waals surface area contributed by atoms with Crippen molar-refractivity contribution >= 4 is 27.9 Å². The molecule has 1 aromatic rings. The number of rotatable bonds is 4. The molecule has 0 aromatic heterocycles. The van der Waals surface area contributed by atoms with Gasteiger partial charge in [0.15, 0.2) is 0 Å². The van der Waals surface area contributed by atoms with Crippen LogP contribution >= 0.6 is 15.9 Å². The molecule has 1 rings (SSSR count). The van der Waals surface area contributed by atoms with Crippen molar-refractivity contribution in [1.82, 2.24) is 10.8 Å². The summed E-state index contributed by atoms with van der Waals surface area (Å²) in [6.45, 7) is 5.25. The molecular formula is C14H19BrN2O4. The largest absolute Gasteiger partial charge is 0.444 e. The average molecular weight is 359 g/mol. The lowest BCUT2D eigenvalue weighted by Gasteiger charge is -2.23. The van der Waals surface area contributed by atoms with E-state index in [0.29, 0.717) is 0 Å². The predicted octanol–water partition coefficient (Wildman–Crippen LogP) is 2.91. The van der Waals surface area contributed by atoms with Crippen molar-refractivity contribution in [2.75, 3.05) is 0 Å². The first-order chi connectivity index (χ1) is 9.71. The van der Waals surface area contributed by atoms with Gasteiger partial charge in [0.25, 0.3) is 0 Å². The number of halogens is 1. The summed E-state index contributed by atoms with van der Waals surface area (Å²) in [6.07, 6.45) is -0.724. The lowest BCUT2D eigenvalue weighted by Crippen LogP contribution is -2.37. The number of amides is 2. The molecular weight excluding hydrogens is 340 g/mol. The van der Waals surface area contributed by atoms with E-state index in [4.69, 9.17) is 9.94 Å². The monoisotopic (exact) mass is 358 g/mol. The second kappa shape index (κ2) is 7.42. The minimum Gasteiger partial charge on any atom is -0.444 e. The summed E-state index contributed by atoms with van der Waals surface area (Å²) in [5.74, 6) is -0.598. The molecule has 1 unspecified atom stereocenters.